The molecule has 0 aliphatic carbocycles. The predicted molar refractivity (Wildman–Crippen MR) is 103 cm³/mol. The number of halogens is 1. The van der Waals surface area contributed by atoms with E-state index in [4.69, 9.17) is 16.3 Å². The minimum absolute atomic E-state index is 0.328. The van der Waals surface area contributed by atoms with E-state index in [0.29, 0.717) is 33.1 Å². The number of carbonyl (C=O) groups is 1. The van der Waals surface area contributed by atoms with Gasteiger partial charge in [0, 0.05) is 16.3 Å². The average Bonchev–Trinajstić information content (AvgIpc) is 2.69. The highest BCUT2D eigenvalue weighted by atomic mass is 35.5. The second-order valence-electron chi connectivity index (χ2n) is 5.70. The quantitative estimate of drug-likeness (QED) is 0.688. The van der Waals surface area contributed by atoms with Crippen molar-refractivity contribution in [2.45, 2.75) is 6.10 Å². The van der Waals surface area contributed by atoms with Gasteiger partial charge in [-0.25, -0.2) is 0 Å². The molecule has 3 aromatic carbocycles. The zero-order valence-corrected chi connectivity index (χ0v) is 14.9. The van der Waals surface area contributed by atoms with Crippen molar-refractivity contribution in [3.05, 3.63) is 94.5 Å². The van der Waals surface area contributed by atoms with Crippen LogP contribution in [0.2, 0.25) is 5.02 Å². The molecule has 26 heavy (non-hydrogen) atoms. The van der Waals surface area contributed by atoms with Crippen molar-refractivity contribution < 1.29 is 14.6 Å². The smallest absolute Gasteiger partial charge is 0.259 e. The zero-order chi connectivity index (χ0) is 18.5. The van der Waals surface area contributed by atoms with Crippen LogP contribution in [0.4, 0.5) is 5.69 Å². The van der Waals surface area contributed by atoms with Gasteiger partial charge in [0.25, 0.3) is 5.91 Å². The third-order valence-electron chi connectivity index (χ3n) is 4.02. The molecule has 4 nitrogen and oxygen atoms in total. The van der Waals surface area contributed by atoms with Crippen molar-refractivity contribution in [1.29, 1.82) is 0 Å². The first-order chi connectivity index (χ1) is 12.6. The van der Waals surface area contributed by atoms with Crippen molar-refractivity contribution in [2.24, 2.45) is 0 Å². The van der Waals surface area contributed by atoms with E-state index in [1.54, 1.807) is 42.5 Å². The van der Waals surface area contributed by atoms with E-state index < -0.39 is 6.10 Å². The maximum absolute atomic E-state index is 12.7. The highest BCUT2D eigenvalue weighted by Gasteiger charge is 2.18. The Balaban J connectivity index is 1.94. The van der Waals surface area contributed by atoms with E-state index in [9.17, 15) is 9.90 Å². The van der Waals surface area contributed by atoms with Crippen molar-refractivity contribution in [3.8, 4) is 5.75 Å². The van der Waals surface area contributed by atoms with Gasteiger partial charge in [0.05, 0.1) is 12.7 Å². The van der Waals surface area contributed by atoms with Crippen LogP contribution in [0.25, 0.3) is 0 Å². The second kappa shape index (κ2) is 8.04. The van der Waals surface area contributed by atoms with Crippen LogP contribution in [0.5, 0.6) is 5.75 Å². The summed E-state index contributed by atoms with van der Waals surface area (Å²) in [6.07, 6.45) is -0.914. The van der Waals surface area contributed by atoms with E-state index in [1.165, 1.54) is 7.11 Å². The molecule has 3 rings (SSSR count). The number of hydrogen-bond acceptors (Lipinski definition) is 3. The Morgan fingerprint density at radius 3 is 2.46 bits per heavy atom. The number of amides is 1. The summed E-state index contributed by atoms with van der Waals surface area (Å²) < 4.78 is 5.24. The van der Waals surface area contributed by atoms with E-state index in [-0.39, 0.29) is 5.91 Å². The number of anilines is 1. The van der Waals surface area contributed by atoms with Crippen LogP contribution in [0.1, 0.15) is 27.6 Å². The third kappa shape index (κ3) is 3.87. The summed E-state index contributed by atoms with van der Waals surface area (Å²) >= 11 is 6.11. The molecule has 3 aromatic rings. The van der Waals surface area contributed by atoms with Gasteiger partial charge in [0.2, 0.25) is 0 Å². The predicted octanol–water partition coefficient (Wildman–Crippen LogP) is 4.68. The Bertz CT molecular complexity index is 912. The van der Waals surface area contributed by atoms with Gasteiger partial charge < -0.3 is 15.2 Å². The summed E-state index contributed by atoms with van der Waals surface area (Å²) in [6, 6.07) is 21.1. The largest absolute Gasteiger partial charge is 0.496 e. The Morgan fingerprint density at radius 1 is 1.04 bits per heavy atom. The van der Waals surface area contributed by atoms with Gasteiger partial charge in [-0.05, 0) is 35.9 Å². The van der Waals surface area contributed by atoms with Crippen LogP contribution in [0.15, 0.2) is 72.8 Å². The number of nitrogens with one attached hydrogen (secondary N) is 1. The highest BCUT2D eigenvalue weighted by Crippen LogP contribution is 2.31. The first-order valence-electron chi connectivity index (χ1n) is 8.07. The van der Waals surface area contributed by atoms with Crippen molar-refractivity contribution in [1.82, 2.24) is 0 Å². The number of hydrogen-bond donors (Lipinski definition) is 2. The van der Waals surface area contributed by atoms with Crippen molar-refractivity contribution >= 4 is 23.2 Å². The monoisotopic (exact) mass is 367 g/mol. The van der Waals surface area contributed by atoms with Crippen molar-refractivity contribution in [2.75, 3.05) is 12.4 Å². The number of carbonyl (C=O) groups excluding carboxylic acids is 1. The number of aliphatic hydroxyl groups is 1. The first kappa shape index (κ1) is 18.0. The molecule has 0 heterocycles. The standard InChI is InChI=1S/C21H18ClNO3/c1-26-19-10-6-5-9-16(19)21(25)23-18-12-11-15(22)13-17(18)20(24)14-7-3-2-4-8-14/h2-13,20,24H,1H3,(H,23,25)/t20-/m1/s1. The molecule has 5 heteroatoms. The Hall–Kier alpha value is -2.82. The first-order valence-corrected chi connectivity index (χ1v) is 8.45. The molecule has 0 radical (unpaired) electrons. The fourth-order valence-electron chi connectivity index (χ4n) is 2.71. The van der Waals surface area contributed by atoms with Crippen molar-refractivity contribution in [3.63, 3.8) is 0 Å². The summed E-state index contributed by atoms with van der Waals surface area (Å²) in [5, 5.41) is 14.1. The van der Waals surface area contributed by atoms with Crippen LogP contribution in [-0.4, -0.2) is 18.1 Å². The molecule has 0 fully saturated rings. The maximum atomic E-state index is 12.7. The molecule has 0 spiro atoms. The van der Waals surface area contributed by atoms with Gasteiger partial charge in [0.1, 0.15) is 11.9 Å². The van der Waals surface area contributed by atoms with Gasteiger partial charge in [-0.1, -0.05) is 54.1 Å². The average molecular weight is 368 g/mol. The number of ether oxygens (including phenoxy) is 1. The summed E-state index contributed by atoms with van der Waals surface area (Å²) in [4.78, 5) is 12.7. The molecule has 0 unspecified atom stereocenters. The lowest BCUT2D eigenvalue weighted by atomic mass is 9.99. The topological polar surface area (TPSA) is 58.6 Å². The van der Waals surface area contributed by atoms with E-state index in [0.717, 1.165) is 0 Å². The molecular weight excluding hydrogens is 350 g/mol. The normalized spacial score (nSPS) is 11.7. The molecule has 0 aliphatic rings. The van der Waals surface area contributed by atoms with Gasteiger partial charge in [-0.15, -0.1) is 0 Å². The van der Waals surface area contributed by atoms with Gasteiger partial charge in [-0.3, -0.25) is 4.79 Å². The van der Waals surface area contributed by atoms with Gasteiger partial charge >= 0.3 is 0 Å². The minimum Gasteiger partial charge on any atom is -0.496 e. The lowest BCUT2D eigenvalue weighted by Crippen LogP contribution is -2.15. The third-order valence-corrected chi connectivity index (χ3v) is 4.26. The Labute approximate surface area is 157 Å². The Morgan fingerprint density at radius 2 is 1.73 bits per heavy atom. The molecule has 1 atom stereocenters. The van der Waals surface area contributed by atoms with Crippen LogP contribution >= 0.6 is 11.6 Å². The van der Waals surface area contributed by atoms with Gasteiger partial charge in [-0.2, -0.15) is 0 Å². The summed E-state index contributed by atoms with van der Waals surface area (Å²) in [5.74, 6) is 0.149. The number of aliphatic hydroxyl groups excluding tert-OH is 1. The molecule has 0 saturated carbocycles. The Kier molecular flexibility index (Phi) is 5.56. The lowest BCUT2D eigenvalue weighted by Gasteiger charge is -2.17. The van der Waals surface area contributed by atoms with Gasteiger partial charge in [0.15, 0.2) is 0 Å². The zero-order valence-electron chi connectivity index (χ0n) is 14.1. The molecule has 0 aromatic heterocycles. The number of rotatable bonds is 5. The fraction of sp³-hybridized carbons (Fsp3) is 0.0952. The highest BCUT2D eigenvalue weighted by molar-refractivity contribution is 6.30. The summed E-state index contributed by atoms with van der Waals surface area (Å²) in [5.41, 5.74) is 2.13. The van der Waals surface area contributed by atoms with Crippen LogP contribution in [-0.2, 0) is 0 Å². The van der Waals surface area contributed by atoms with E-state index >= 15 is 0 Å². The molecular formula is C21H18ClNO3. The SMILES string of the molecule is COc1ccccc1C(=O)Nc1ccc(Cl)cc1[C@H](O)c1ccccc1. The van der Waals surface area contributed by atoms with E-state index in [1.807, 2.05) is 30.3 Å². The maximum Gasteiger partial charge on any atom is 0.259 e. The van der Waals surface area contributed by atoms with Crippen LogP contribution < -0.4 is 10.1 Å². The summed E-state index contributed by atoms with van der Waals surface area (Å²) in [7, 11) is 1.51. The molecule has 1 amide bonds. The molecule has 2 N–H and O–H groups in total. The lowest BCUT2D eigenvalue weighted by molar-refractivity contribution is 0.102. The molecule has 0 aliphatic heterocycles. The molecule has 0 saturated heterocycles. The number of methoxy groups -OCH3 is 1. The molecule has 132 valence electrons. The fourth-order valence-corrected chi connectivity index (χ4v) is 2.89. The van der Waals surface area contributed by atoms with Crippen LogP contribution in [0.3, 0.4) is 0 Å². The summed E-state index contributed by atoms with van der Waals surface area (Å²) in [6.45, 7) is 0. The minimum atomic E-state index is -0.914. The van der Waals surface area contributed by atoms with Crippen LogP contribution in [0, 0.1) is 0 Å². The second-order valence-corrected chi connectivity index (χ2v) is 6.14. The molecule has 0 bridgehead atoms. The number of para-hydroxylation sites is 1. The number of benzene rings is 3. The van der Waals surface area contributed by atoms with E-state index in [2.05, 4.69) is 5.32 Å².